The van der Waals surface area contributed by atoms with Crippen LogP contribution in [-0.4, -0.2) is 83.6 Å². The number of nitrogens with zero attached hydrogens (tertiary/aromatic N) is 4. The first-order valence-electron chi connectivity index (χ1n) is 10.6. The third kappa shape index (κ3) is 11.5. The Bertz CT molecular complexity index is 1060. The molecule has 216 valence electrons. The van der Waals surface area contributed by atoms with Gasteiger partial charge in [-0.15, -0.1) is 0 Å². The molecule has 2 aromatic heterocycles. The fraction of sp³-hybridized carbons (Fsp3) is 0.667. The van der Waals surface area contributed by atoms with Crippen LogP contribution >= 0.6 is 7.60 Å². The number of alkyl halides is 6. The molecular formula is C18H24F6N5O8P. The number of hydrogen-bond acceptors (Lipinski definition) is 11. The van der Waals surface area contributed by atoms with E-state index in [1.165, 1.54) is 10.9 Å². The van der Waals surface area contributed by atoms with Crippen molar-refractivity contribution >= 4 is 24.7 Å². The van der Waals surface area contributed by atoms with Crippen LogP contribution in [0.1, 0.15) is 24.3 Å². The van der Waals surface area contributed by atoms with Crippen LogP contribution in [0.4, 0.5) is 26.3 Å². The smallest absolute Gasteiger partial charge is 0.367 e. The topological polar surface area (TPSA) is 145 Å². The average Bonchev–Trinajstić information content (AvgIpc) is 3.23. The molecular weight excluding hydrogens is 559 g/mol. The van der Waals surface area contributed by atoms with Crippen LogP contribution in [0.5, 0.6) is 0 Å². The van der Waals surface area contributed by atoms with Crippen LogP contribution in [0.2, 0.25) is 0 Å². The molecule has 0 atom stereocenters. The van der Waals surface area contributed by atoms with E-state index in [1.807, 2.05) is 0 Å². The number of aromatic nitrogens is 4. The normalized spacial score (nSPS) is 13.0. The highest BCUT2D eigenvalue weighted by Crippen LogP contribution is 2.48. The van der Waals surface area contributed by atoms with E-state index in [2.05, 4.69) is 39.0 Å². The van der Waals surface area contributed by atoms with Gasteiger partial charge >= 0.3 is 19.9 Å². The summed E-state index contributed by atoms with van der Waals surface area (Å²) in [5.41, 5.74) is 2.52. The van der Waals surface area contributed by atoms with E-state index in [-0.39, 0.29) is 36.1 Å². The Kier molecular flexibility index (Phi) is 11.8. The molecule has 0 spiro atoms. The van der Waals surface area contributed by atoms with Gasteiger partial charge in [0.1, 0.15) is 31.4 Å². The molecule has 0 unspecified atom stereocenters. The van der Waals surface area contributed by atoms with E-state index >= 15 is 0 Å². The van der Waals surface area contributed by atoms with Gasteiger partial charge < -0.3 is 18.8 Å². The first-order valence-corrected chi connectivity index (χ1v) is 12.3. The van der Waals surface area contributed by atoms with Gasteiger partial charge in [-0.05, 0) is 13.8 Å². The van der Waals surface area contributed by atoms with Crippen molar-refractivity contribution in [2.45, 2.75) is 38.8 Å². The van der Waals surface area contributed by atoms with Crippen molar-refractivity contribution in [2.75, 3.05) is 39.8 Å². The molecule has 0 saturated carbocycles. The van der Waals surface area contributed by atoms with Crippen LogP contribution in [0.3, 0.4) is 0 Å². The van der Waals surface area contributed by atoms with Crippen molar-refractivity contribution in [1.82, 2.24) is 25.0 Å². The second kappa shape index (κ2) is 14.1. The zero-order chi connectivity index (χ0) is 28.4. The van der Waals surface area contributed by atoms with E-state index in [1.54, 1.807) is 13.8 Å². The summed E-state index contributed by atoms with van der Waals surface area (Å²) in [5.74, 6) is -0.664. The number of carbonyl (C=O) groups is 1. The van der Waals surface area contributed by atoms with Gasteiger partial charge in [-0.3, -0.25) is 23.2 Å². The number of halogens is 6. The van der Waals surface area contributed by atoms with E-state index in [9.17, 15) is 35.7 Å². The van der Waals surface area contributed by atoms with Crippen molar-refractivity contribution in [1.29, 1.82) is 0 Å². The molecule has 13 nitrogen and oxygen atoms in total. The number of nitrogens with one attached hydrogen (secondary N) is 1. The molecule has 0 aliphatic heterocycles. The largest absolute Gasteiger partial charge is 0.411 e. The Morgan fingerprint density at radius 2 is 1.61 bits per heavy atom. The molecule has 0 aromatic carbocycles. The fourth-order valence-electron chi connectivity index (χ4n) is 2.43. The monoisotopic (exact) mass is 583 g/mol. The summed E-state index contributed by atoms with van der Waals surface area (Å²) in [6.07, 6.45) is -8.12. The summed E-state index contributed by atoms with van der Waals surface area (Å²) in [6, 6.07) is 0. The van der Waals surface area contributed by atoms with Gasteiger partial charge in [0.2, 0.25) is 0 Å². The highest BCUT2D eigenvalue weighted by molar-refractivity contribution is 7.53. The molecule has 0 saturated heterocycles. The minimum atomic E-state index is -4.69. The molecule has 2 aromatic rings. The molecule has 1 amide bonds. The first-order chi connectivity index (χ1) is 17.7. The number of ether oxygens (including phenoxy) is 3. The van der Waals surface area contributed by atoms with Gasteiger partial charge in [0.25, 0.3) is 5.91 Å². The van der Waals surface area contributed by atoms with E-state index in [4.69, 9.17) is 9.57 Å². The van der Waals surface area contributed by atoms with Crippen molar-refractivity contribution in [3.8, 4) is 0 Å². The van der Waals surface area contributed by atoms with Crippen LogP contribution in [-0.2, 0) is 39.2 Å². The number of hydroxylamine groups is 1. The Morgan fingerprint density at radius 3 is 2.16 bits per heavy atom. The fourth-order valence-corrected chi connectivity index (χ4v) is 3.48. The maximum Gasteiger partial charge on any atom is 0.411 e. The van der Waals surface area contributed by atoms with E-state index < -0.39 is 59.0 Å². The maximum absolute atomic E-state index is 12.7. The average molecular weight is 583 g/mol. The number of hydrogen-bond donors (Lipinski definition) is 1. The van der Waals surface area contributed by atoms with Crippen LogP contribution in [0.25, 0.3) is 11.2 Å². The quantitative estimate of drug-likeness (QED) is 0.102. The lowest BCUT2D eigenvalue weighted by atomic mass is 10.3. The second-order valence-corrected chi connectivity index (χ2v) is 9.50. The predicted octanol–water partition coefficient (Wildman–Crippen LogP) is 3.17. The zero-order valence-corrected chi connectivity index (χ0v) is 20.8. The van der Waals surface area contributed by atoms with Gasteiger partial charge in [0, 0.05) is 6.54 Å². The van der Waals surface area contributed by atoms with Crippen molar-refractivity contribution in [3.63, 3.8) is 0 Å². The highest BCUT2D eigenvalue weighted by Gasteiger charge is 2.31. The number of rotatable bonds is 16. The number of imidazole rings is 1. The Balaban J connectivity index is 1.95. The molecule has 0 bridgehead atoms. The predicted molar refractivity (Wildman–Crippen MR) is 113 cm³/mol. The lowest BCUT2D eigenvalue weighted by Gasteiger charge is -2.19. The van der Waals surface area contributed by atoms with Crippen LogP contribution < -0.4 is 5.48 Å². The van der Waals surface area contributed by atoms with Crippen molar-refractivity contribution in [3.05, 3.63) is 18.3 Å². The Morgan fingerprint density at radius 1 is 1.00 bits per heavy atom. The molecule has 0 radical (unpaired) electrons. The molecule has 38 heavy (non-hydrogen) atoms. The number of fused-ring (bicyclic) bond motifs is 1. The summed E-state index contributed by atoms with van der Waals surface area (Å²) < 4.78 is 110. The van der Waals surface area contributed by atoms with Crippen molar-refractivity contribution < 1.29 is 63.8 Å². The molecule has 2 heterocycles. The Labute approximate surface area is 211 Å². The van der Waals surface area contributed by atoms with Gasteiger partial charge in [0.05, 0.1) is 19.0 Å². The summed E-state index contributed by atoms with van der Waals surface area (Å²) in [5, 5.41) is 0. The van der Waals surface area contributed by atoms with E-state index in [0.717, 1.165) is 6.33 Å². The lowest BCUT2D eigenvalue weighted by molar-refractivity contribution is -0.192. The number of carbonyl (C=O) groups excluding carboxylic acids is 1. The molecule has 20 heteroatoms. The molecule has 1 N–H and O–H groups in total. The third-order valence-electron chi connectivity index (χ3n) is 3.93. The minimum Gasteiger partial charge on any atom is -0.367 e. The minimum absolute atomic E-state index is 0.0201. The van der Waals surface area contributed by atoms with Crippen LogP contribution in [0, 0.1) is 0 Å². The van der Waals surface area contributed by atoms with Gasteiger partial charge in [0.15, 0.2) is 24.9 Å². The second-order valence-electron chi connectivity index (χ2n) is 7.50. The molecule has 0 fully saturated rings. The zero-order valence-electron chi connectivity index (χ0n) is 20.0. The summed E-state index contributed by atoms with van der Waals surface area (Å²) in [7, 11) is -4.40. The third-order valence-corrected chi connectivity index (χ3v) is 5.42. The first kappa shape index (κ1) is 31.8. The molecule has 0 aliphatic rings. The highest BCUT2D eigenvalue weighted by atomic mass is 31.2. The molecule has 2 rings (SSSR count). The Hall–Kier alpha value is -2.41. The summed E-state index contributed by atoms with van der Waals surface area (Å²) >= 11 is 0. The van der Waals surface area contributed by atoms with Gasteiger partial charge in [-0.2, -0.15) is 26.3 Å². The SMILES string of the molecule is CC(C)ONC(=O)c1ncnc2c1ncn2CCOCP(=O)(OCOCC(F)(F)F)OCOCC(F)(F)F. The number of amides is 1. The van der Waals surface area contributed by atoms with Gasteiger partial charge in [-0.25, -0.2) is 20.4 Å². The van der Waals surface area contributed by atoms with Crippen LogP contribution in [0.15, 0.2) is 12.7 Å². The maximum atomic E-state index is 12.7. The molecule has 0 aliphatic carbocycles. The van der Waals surface area contributed by atoms with Crippen molar-refractivity contribution in [2.24, 2.45) is 0 Å². The summed E-state index contributed by atoms with van der Waals surface area (Å²) in [6.45, 7) is -2.53. The summed E-state index contributed by atoms with van der Waals surface area (Å²) in [4.78, 5) is 29.3. The van der Waals surface area contributed by atoms with Gasteiger partial charge in [-0.1, -0.05) is 0 Å². The standard InChI is InChI=1S/C18H24F6N5O8P/c1-12(2)37-28-16(30)14-13-15(26-7-25-14)29(8-27-13)3-4-32-11-38(31,35-9-33-5-17(19,20)21)36-10-34-6-18(22,23)24/h7-8,12H,3-6,9-11H2,1-2H3,(H,28,30). The lowest BCUT2D eigenvalue weighted by Crippen LogP contribution is -2.28. The van der Waals surface area contributed by atoms with E-state index in [0.29, 0.717) is 0 Å².